The molecule has 0 bridgehead atoms. The molecule has 90 valence electrons. The van der Waals surface area contributed by atoms with Crippen molar-refractivity contribution in [3.05, 3.63) is 0 Å². The van der Waals surface area contributed by atoms with Crippen molar-refractivity contribution in [3.8, 4) is 0 Å². The first-order chi connectivity index (χ1) is 7.10. The second-order valence-electron chi connectivity index (χ2n) is 5.77. The predicted molar refractivity (Wildman–Crippen MR) is 66.1 cm³/mol. The molecule has 0 saturated carbocycles. The Morgan fingerprint density at radius 3 is 2.40 bits per heavy atom. The topological polar surface area (TPSA) is 12.5 Å². The summed E-state index contributed by atoms with van der Waals surface area (Å²) >= 11 is 0. The van der Waals surface area contributed by atoms with Gasteiger partial charge in [-0.25, -0.2) is 0 Å². The minimum atomic E-state index is 0.510. The van der Waals surface area contributed by atoms with Gasteiger partial charge in [-0.15, -0.1) is 0 Å². The molecule has 2 atom stereocenters. The van der Waals surface area contributed by atoms with Crippen LogP contribution in [-0.4, -0.2) is 12.7 Å². The summed E-state index contributed by atoms with van der Waals surface area (Å²) in [6.45, 7) is 10.5. The number of epoxide rings is 1. The van der Waals surface area contributed by atoms with Gasteiger partial charge in [0.15, 0.2) is 0 Å². The van der Waals surface area contributed by atoms with Crippen molar-refractivity contribution in [2.24, 2.45) is 11.3 Å². The molecule has 1 heterocycles. The van der Waals surface area contributed by atoms with Crippen molar-refractivity contribution < 1.29 is 4.74 Å². The van der Waals surface area contributed by atoms with E-state index in [0.29, 0.717) is 11.5 Å². The first-order valence-electron chi connectivity index (χ1n) is 6.71. The molecular formula is C14H28O. The molecule has 1 rings (SSSR count). The first-order valence-corrected chi connectivity index (χ1v) is 6.71. The lowest BCUT2D eigenvalue weighted by Crippen LogP contribution is -2.25. The summed E-state index contributed by atoms with van der Waals surface area (Å²) in [4.78, 5) is 0. The zero-order chi connectivity index (χ0) is 11.3. The largest absolute Gasteiger partial charge is 0.373 e. The summed E-state index contributed by atoms with van der Waals surface area (Å²) in [6.07, 6.45) is 8.66. The second-order valence-corrected chi connectivity index (χ2v) is 5.77. The van der Waals surface area contributed by atoms with E-state index in [-0.39, 0.29) is 0 Å². The quantitative estimate of drug-likeness (QED) is 0.543. The predicted octanol–water partition coefficient (Wildman–Crippen LogP) is 4.41. The molecule has 0 radical (unpaired) electrons. The van der Waals surface area contributed by atoms with Crippen molar-refractivity contribution in [2.45, 2.75) is 72.3 Å². The Bertz CT molecular complexity index is 170. The van der Waals surface area contributed by atoms with Gasteiger partial charge in [0, 0.05) is 0 Å². The van der Waals surface area contributed by atoms with E-state index in [4.69, 9.17) is 4.74 Å². The van der Waals surface area contributed by atoms with Crippen LogP contribution in [0.2, 0.25) is 0 Å². The van der Waals surface area contributed by atoms with Crippen LogP contribution in [0.1, 0.15) is 66.2 Å². The van der Waals surface area contributed by atoms with E-state index >= 15 is 0 Å². The van der Waals surface area contributed by atoms with E-state index < -0.39 is 0 Å². The molecular weight excluding hydrogens is 184 g/mol. The fraction of sp³-hybridized carbons (Fsp3) is 1.00. The minimum absolute atomic E-state index is 0.510. The van der Waals surface area contributed by atoms with Gasteiger partial charge in [-0.3, -0.25) is 0 Å². The molecule has 1 aliphatic heterocycles. The zero-order valence-electron chi connectivity index (χ0n) is 11.0. The molecule has 0 spiro atoms. The number of ether oxygens (including phenoxy) is 1. The Hall–Kier alpha value is -0.0400. The molecule has 0 N–H and O–H groups in total. The van der Waals surface area contributed by atoms with Crippen molar-refractivity contribution in [1.29, 1.82) is 0 Å². The Morgan fingerprint density at radius 1 is 1.27 bits per heavy atom. The van der Waals surface area contributed by atoms with Gasteiger partial charge in [0.05, 0.1) is 12.7 Å². The molecule has 1 heteroatoms. The van der Waals surface area contributed by atoms with E-state index in [0.717, 1.165) is 12.5 Å². The van der Waals surface area contributed by atoms with Gasteiger partial charge >= 0.3 is 0 Å². The van der Waals surface area contributed by atoms with Crippen LogP contribution in [0.3, 0.4) is 0 Å². The summed E-state index contributed by atoms with van der Waals surface area (Å²) in [7, 11) is 0. The summed E-state index contributed by atoms with van der Waals surface area (Å²) < 4.78 is 5.39. The van der Waals surface area contributed by atoms with Crippen molar-refractivity contribution in [1.82, 2.24) is 0 Å². The Kier molecular flexibility index (Phi) is 5.11. The average molecular weight is 212 g/mol. The smallest absolute Gasteiger partial charge is 0.0812 e. The van der Waals surface area contributed by atoms with Crippen LogP contribution >= 0.6 is 0 Å². The maximum absolute atomic E-state index is 5.39. The highest BCUT2D eigenvalue weighted by Gasteiger charge is 2.34. The minimum Gasteiger partial charge on any atom is -0.373 e. The molecule has 15 heavy (non-hydrogen) atoms. The van der Waals surface area contributed by atoms with E-state index in [1.54, 1.807) is 0 Å². The van der Waals surface area contributed by atoms with E-state index in [1.807, 2.05) is 0 Å². The standard InChI is InChI=1S/C14H28O/c1-5-7-8-12(10-13-11-15-13)14(3,4)9-6-2/h12-13H,5-11H2,1-4H3. The molecule has 1 saturated heterocycles. The van der Waals surface area contributed by atoms with Gasteiger partial charge in [0.2, 0.25) is 0 Å². The fourth-order valence-electron chi connectivity index (χ4n) is 2.65. The molecule has 1 fully saturated rings. The van der Waals surface area contributed by atoms with Crippen LogP contribution in [0.4, 0.5) is 0 Å². The molecule has 0 amide bonds. The molecule has 0 aromatic heterocycles. The normalized spacial score (nSPS) is 22.8. The van der Waals surface area contributed by atoms with Crippen LogP contribution in [0.25, 0.3) is 0 Å². The van der Waals surface area contributed by atoms with E-state index in [1.165, 1.54) is 38.5 Å². The lowest BCUT2D eigenvalue weighted by molar-refractivity contribution is 0.154. The average Bonchev–Trinajstić information content (AvgIpc) is 2.95. The van der Waals surface area contributed by atoms with E-state index in [9.17, 15) is 0 Å². The fourth-order valence-corrected chi connectivity index (χ4v) is 2.65. The third kappa shape index (κ3) is 4.55. The third-order valence-corrected chi connectivity index (χ3v) is 3.86. The van der Waals surface area contributed by atoms with Crippen molar-refractivity contribution in [2.75, 3.05) is 6.61 Å². The van der Waals surface area contributed by atoms with Gasteiger partial charge in [-0.05, 0) is 30.6 Å². The van der Waals surface area contributed by atoms with Crippen LogP contribution in [0, 0.1) is 11.3 Å². The van der Waals surface area contributed by atoms with Crippen molar-refractivity contribution >= 4 is 0 Å². The summed E-state index contributed by atoms with van der Waals surface area (Å²) in [5, 5.41) is 0. The summed E-state index contributed by atoms with van der Waals surface area (Å²) in [5.74, 6) is 0.866. The monoisotopic (exact) mass is 212 g/mol. The number of hydrogen-bond donors (Lipinski definition) is 0. The molecule has 1 nitrogen and oxygen atoms in total. The molecule has 0 aromatic rings. The van der Waals surface area contributed by atoms with Crippen LogP contribution < -0.4 is 0 Å². The third-order valence-electron chi connectivity index (χ3n) is 3.86. The highest BCUT2D eigenvalue weighted by Crippen LogP contribution is 2.40. The summed E-state index contributed by atoms with van der Waals surface area (Å²) in [5.41, 5.74) is 0.510. The Balaban J connectivity index is 2.43. The van der Waals surface area contributed by atoms with Gasteiger partial charge in [0.1, 0.15) is 0 Å². The highest BCUT2D eigenvalue weighted by atomic mass is 16.6. The maximum atomic E-state index is 5.39. The molecule has 0 aliphatic carbocycles. The highest BCUT2D eigenvalue weighted by molar-refractivity contribution is 4.83. The van der Waals surface area contributed by atoms with Crippen LogP contribution in [-0.2, 0) is 4.74 Å². The van der Waals surface area contributed by atoms with Crippen molar-refractivity contribution in [3.63, 3.8) is 0 Å². The summed E-state index contributed by atoms with van der Waals surface area (Å²) in [6, 6.07) is 0. The number of hydrogen-bond acceptors (Lipinski definition) is 1. The number of rotatable bonds is 8. The van der Waals surface area contributed by atoms with Crippen LogP contribution in [0.15, 0.2) is 0 Å². The van der Waals surface area contributed by atoms with Gasteiger partial charge < -0.3 is 4.74 Å². The van der Waals surface area contributed by atoms with Gasteiger partial charge in [-0.2, -0.15) is 0 Å². The lowest BCUT2D eigenvalue weighted by Gasteiger charge is -2.34. The van der Waals surface area contributed by atoms with E-state index in [2.05, 4.69) is 27.7 Å². The van der Waals surface area contributed by atoms with Gasteiger partial charge in [-0.1, -0.05) is 47.0 Å². The molecule has 0 aromatic carbocycles. The zero-order valence-corrected chi connectivity index (χ0v) is 11.0. The lowest BCUT2D eigenvalue weighted by atomic mass is 9.71. The maximum Gasteiger partial charge on any atom is 0.0812 e. The van der Waals surface area contributed by atoms with Crippen LogP contribution in [0.5, 0.6) is 0 Å². The SMILES string of the molecule is CCCCC(CC1CO1)C(C)(C)CCC. The first kappa shape index (κ1) is 13.0. The number of unbranched alkanes of at least 4 members (excludes halogenated alkanes) is 1. The molecule has 2 unspecified atom stereocenters. The second kappa shape index (κ2) is 5.89. The van der Waals surface area contributed by atoms with Gasteiger partial charge in [0.25, 0.3) is 0 Å². The molecule has 1 aliphatic rings. The Morgan fingerprint density at radius 2 is 1.93 bits per heavy atom. The Labute approximate surface area is 95.6 Å².